The summed E-state index contributed by atoms with van der Waals surface area (Å²) in [5.74, 6) is -1.81. The summed E-state index contributed by atoms with van der Waals surface area (Å²) in [7, 11) is 0. The summed E-state index contributed by atoms with van der Waals surface area (Å²) in [5, 5.41) is 0.694. The predicted octanol–water partition coefficient (Wildman–Crippen LogP) is 6.46. The molecule has 0 aliphatic heterocycles. The third kappa shape index (κ3) is 4.67. The molecule has 2 aromatic rings. The minimum atomic E-state index is -4.46. The number of halogens is 6. The van der Waals surface area contributed by atoms with Crippen molar-refractivity contribution in [3.8, 4) is 0 Å². The zero-order valence-electron chi connectivity index (χ0n) is 12.2. The van der Waals surface area contributed by atoms with Gasteiger partial charge in [-0.3, -0.25) is 0 Å². The standard InChI is InChI=1S/C17H13Cl3F3N/c18-14-6-4-11(8-16(14)20)13(17(21,22)23)5-2-10-1-3-12(9-24)15(19)7-10/h1-8,13H,9,24H2/b5-2+. The minimum absolute atomic E-state index is 0.0119. The summed E-state index contributed by atoms with van der Waals surface area (Å²) >= 11 is 17.6. The van der Waals surface area contributed by atoms with Crippen LogP contribution >= 0.6 is 34.8 Å². The maximum absolute atomic E-state index is 13.4. The lowest BCUT2D eigenvalue weighted by Gasteiger charge is -2.18. The van der Waals surface area contributed by atoms with Crippen LogP contribution in [0.2, 0.25) is 15.1 Å². The van der Waals surface area contributed by atoms with E-state index < -0.39 is 12.1 Å². The first-order valence-corrected chi connectivity index (χ1v) is 8.04. The van der Waals surface area contributed by atoms with Crippen LogP contribution in [0, 0.1) is 0 Å². The fourth-order valence-electron chi connectivity index (χ4n) is 2.16. The van der Waals surface area contributed by atoms with Crippen LogP contribution in [0.5, 0.6) is 0 Å². The monoisotopic (exact) mass is 393 g/mol. The molecule has 1 unspecified atom stereocenters. The van der Waals surface area contributed by atoms with Gasteiger partial charge in [-0.15, -0.1) is 0 Å². The van der Waals surface area contributed by atoms with Crippen molar-refractivity contribution in [1.82, 2.24) is 0 Å². The Labute approximate surface area is 152 Å². The predicted molar refractivity (Wildman–Crippen MR) is 93.6 cm³/mol. The van der Waals surface area contributed by atoms with Gasteiger partial charge in [-0.05, 0) is 34.9 Å². The summed E-state index contributed by atoms with van der Waals surface area (Å²) in [4.78, 5) is 0. The molecule has 128 valence electrons. The highest BCUT2D eigenvalue weighted by Crippen LogP contribution is 2.38. The fraction of sp³-hybridized carbons (Fsp3) is 0.176. The Morgan fingerprint density at radius 2 is 1.67 bits per heavy atom. The van der Waals surface area contributed by atoms with E-state index in [-0.39, 0.29) is 22.2 Å². The summed E-state index contributed by atoms with van der Waals surface area (Å²) < 4.78 is 40.1. The van der Waals surface area contributed by atoms with Gasteiger partial charge in [0.25, 0.3) is 0 Å². The first-order valence-electron chi connectivity index (χ1n) is 6.90. The first kappa shape index (κ1) is 19.1. The zero-order valence-corrected chi connectivity index (χ0v) is 14.5. The zero-order chi connectivity index (χ0) is 17.9. The smallest absolute Gasteiger partial charge is 0.326 e. The highest BCUT2D eigenvalue weighted by atomic mass is 35.5. The Kier molecular flexibility index (Phi) is 6.21. The van der Waals surface area contributed by atoms with Crippen molar-refractivity contribution in [2.45, 2.75) is 18.6 Å². The topological polar surface area (TPSA) is 26.0 Å². The van der Waals surface area contributed by atoms with E-state index in [1.165, 1.54) is 24.3 Å². The lowest BCUT2D eigenvalue weighted by atomic mass is 9.97. The molecule has 7 heteroatoms. The summed E-state index contributed by atoms with van der Waals surface area (Å²) in [5.41, 5.74) is 6.79. The first-order chi connectivity index (χ1) is 11.2. The number of hydrogen-bond acceptors (Lipinski definition) is 1. The van der Waals surface area contributed by atoms with Crippen LogP contribution in [-0.4, -0.2) is 6.18 Å². The molecule has 0 fully saturated rings. The Hall–Kier alpha value is -1.20. The number of hydrogen-bond donors (Lipinski definition) is 1. The van der Waals surface area contributed by atoms with E-state index >= 15 is 0 Å². The van der Waals surface area contributed by atoms with E-state index in [4.69, 9.17) is 40.5 Å². The molecule has 0 heterocycles. The molecule has 1 atom stereocenters. The lowest BCUT2D eigenvalue weighted by molar-refractivity contribution is -0.139. The third-order valence-electron chi connectivity index (χ3n) is 3.43. The molecule has 2 aromatic carbocycles. The van der Waals surface area contributed by atoms with Gasteiger partial charge in [0.2, 0.25) is 0 Å². The Morgan fingerprint density at radius 3 is 2.21 bits per heavy atom. The van der Waals surface area contributed by atoms with Gasteiger partial charge in [0.15, 0.2) is 0 Å². The minimum Gasteiger partial charge on any atom is -0.326 e. The second kappa shape index (κ2) is 7.79. The quantitative estimate of drug-likeness (QED) is 0.632. The van der Waals surface area contributed by atoms with Crippen LogP contribution < -0.4 is 5.73 Å². The van der Waals surface area contributed by atoms with Gasteiger partial charge in [0.05, 0.1) is 16.0 Å². The number of nitrogens with two attached hydrogens (primary N) is 1. The molecule has 24 heavy (non-hydrogen) atoms. The number of alkyl halides is 3. The van der Waals surface area contributed by atoms with E-state index in [9.17, 15) is 13.2 Å². The molecule has 0 aromatic heterocycles. The van der Waals surface area contributed by atoms with Crippen LogP contribution in [0.1, 0.15) is 22.6 Å². The van der Waals surface area contributed by atoms with Gasteiger partial charge >= 0.3 is 6.18 Å². The van der Waals surface area contributed by atoms with Crippen LogP contribution in [0.25, 0.3) is 6.08 Å². The van der Waals surface area contributed by atoms with E-state index in [2.05, 4.69) is 0 Å². The molecule has 2 N–H and O–H groups in total. The van der Waals surface area contributed by atoms with Crippen LogP contribution in [-0.2, 0) is 6.54 Å². The summed E-state index contributed by atoms with van der Waals surface area (Å²) in [6.07, 6.45) is -2.03. The molecule has 0 bridgehead atoms. The van der Waals surface area contributed by atoms with Crippen molar-refractivity contribution >= 4 is 40.9 Å². The lowest BCUT2D eigenvalue weighted by Crippen LogP contribution is -2.18. The highest BCUT2D eigenvalue weighted by molar-refractivity contribution is 6.42. The second-order valence-electron chi connectivity index (χ2n) is 5.11. The van der Waals surface area contributed by atoms with Gasteiger partial charge in [-0.25, -0.2) is 0 Å². The summed E-state index contributed by atoms with van der Waals surface area (Å²) in [6, 6.07) is 8.79. The van der Waals surface area contributed by atoms with E-state index in [1.54, 1.807) is 18.2 Å². The van der Waals surface area contributed by atoms with Gasteiger partial charge in [0, 0.05) is 11.6 Å². The van der Waals surface area contributed by atoms with E-state index in [1.807, 2.05) is 0 Å². The van der Waals surface area contributed by atoms with Crippen molar-refractivity contribution in [3.63, 3.8) is 0 Å². The molecule has 0 spiro atoms. The van der Waals surface area contributed by atoms with Crippen molar-refractivity contribution < 1.29 is 13.2 Å². The number of benzene rings is 2. The Morgan fingerprint density at radius 1 is 0.958 bits per heavy atom. The van der Waals surface area contributed by atoms with E-state index in [0.717, 1.165) is 11.6 Å². The molecular formula is C17H13Cl3F3N. The normalized spacial score (nSPS) is 13.5. The molecule has 0 radical (unpaired) electrons. The summed E-state index contributed by atoms with van der Waals surface area (Å²) in [6.45, 7) is 0.261. The molecule has 0 saturated carbocycles. The van der Waals surface area contributed by atoms with Crippen molar-refractivity contribution in [3.05, 3.63) is 74.2 Å². The third-order valence-corrected chi connectivity index (χ3v) is 4.52. The van der Waals surface area contributed by atoms with Gasteiger partial charge < -0.3 is 5.73 Å². The molecule has 1 nitrogen and oxygen atoms in total. The molecule has 0 saturated heterocycles. The average Bonchev–Trinajstić information content (AvgIpc) is 2.50. The molecular weight excluding hydrogens is 382 g/mol. The SMILES string of the molecule is NCc1ccc(/C=C/C(c2ccc(Cl)c(Cl)c2)C(F)(F)F)cc1Cl. The number of rotatable bonds is 4. The van der Waals surface area contributed by atoms with Crippen molar-refractivity contribution in [2.75, 3.05) is 0 Å². The largest absolute Gasteiger partial charge is 0.399 e. The van der Waals surface area contributed by atoms with Crippen LogP contribution in [0.15, 0.2) is 42.5 Å². The molecule has 0 aliphatic carbocycles. The highest BCUT2D eigenvalue weighted by Gasteiger charge is 2.39. The van der Waals surface area contributed by atoms with Crippen molar-refractivity contribution in [2.24, 2.45) is 5.73 Å². The fourth-order valence-corrected chi connectivity index (χ4v) is 2.73. The molecule has 0 amide bonds. The van der Waals surface area contributed by atoms with Crippen LogP contribution in [0.3, 0.4) is 0 Å². The van der Waals surface area contributed by atoms with Gasteiger partial charge in [-0.2, -0.15) is 13.2 Å². The van der Waals surface area contributed by atoms with Crippen LogP contribution in [0.4, 0.5) is 13.2 Å². The Balaban J connectivity index is 2.36. The molecule has 0 aliphatic rings. The maximum atomic E-state index is 13.4. The molecule has 2 rings (SSSR count). The average molecular weight is 395 g/mol. The van der Waals surface area contributed by atoms with Gasteiger partial charge in [-0.1, -0.05) is 65.2 Å². The second-order valence-corrected chi connectivity index (χ2v) is 6.33. The van der Waals surface area contributed by atoms with Gasteiger partial charge in [0.1, 0.15) is 0 Å². The van der Waals surface area contributed by atoms with Crippen molar-refractivity contribution in [1.29, 1.82) is 0 Å². The van der Waals surface area contributed by atoms with E-state index in [0.29, 0.717) is 10.6 Å². The Bertz CT molecular complexity index is 757. The number of allylic oxidation sites excluding steroid dienone is 1. The maximum Gasteiger partial charge on any atom is 0.399 e.